The number of hydrogen-bond acceptors (Lipinski definition) is 5. The van der Waals surface area contributed by atoms with Gasteiger partial charge in [-0.2, -0.15) is 5.10 Å². The summed E-state index contributed by atoms with van der Waals surface area (Å²) in [7, 11) is 0. The second-order valence-electron chi connectivity index (χ2n) is 9.71. The summed E-state index contributed by atoms with van der Waals surface area (Å²) < 4.78 is 0. The van der Waals surface area contributed by atoms with Crippen molar-refractivity contribution in [3.05, 3.63) is 77.5 Å². The Morgan fingerprint density at radius 2 is 1.92 bits per heavy atom. The van der Waals surface area contributed by atoms with Gasteiger partial charge in [-0.05, 0) is 54.3 Å². The van der Waals surface area contributed by atoms with Gasteiger partial charge in [-0.1, -0.05) is 50.3 Å². The molecule has 1 atom stereocenters. The number of nitrogens with zero attached hydrogens (tertiary/aromatic N) is 3. The maximum atomic E-state index is 14.0. The quantitative estimate of drug-likeness (QED) is 0.362. The lowest BCUT2D eigenvalue weighted by Gasteiger charge is -2.34. The molecule has 3 heterocycles. The Morgan fingerprint density at radius 3 is 2.67 bits per heavy atom. The van der Waals surface area contributed by atoms with Crippen molar-refractivity contribution in [1.29, 1.82) is 0 Å². The Morgan fingerprint density at radius 1 is 1.14 bits per heavy atom. The maximum absolute atomic E-state index is 14.0. The number of nitrogens with one attached hydrogen (secondary N) is 2. The van der Waals surface area contributed by atoms with Gasteiger partial charge in [0, 0.05) is 31.2 Å². The molecule has 7 heteroatoms. The molecule has 2 aromatic carbocycles. The lowest BCUT2D eigenvalue weighted by molar-refractivity contribution is 0.0696. The Bertz CT molecular complexity index is 1380. The van der Waals surface area contributed by atoms with Crippen LogP contribution in [0.25, 0.3) is 34.4 Å². The van der Waals surface area contributed by atoms with E-state index in [4.69, 9.17) is 4.98 Å². The van der Waals surface area contributed by atoms with Crippen molar-refractivity contribution in [3.63, 3.8) is 0 Å². The summed E-state index contributed by atoms with van der Waals surface area (Å²) in [5, 5.41) is 21.5. The van der Waals surface area contributed by atoms with Crippen molar-refractivity contribution < 1.29 is 9.90 Å². The van der Waals surface area contributed by atoms with Gasteiger partial charge in [0.05, 0.1) is 22.3 Å². The molecule has 1 saturated heterocycles. The van der Waals surface area contributed by atoms with Gasteiger partial charge in [-0.25, -0.2) is 4.98 Å². The van der Waals surface area contributed by atoms with Gasteiger partial charge in [0.2, 0.25) is 0 Å². The SMILES string of the molecule is CC(C)CC1CN(C(=O)c2cc(-c3ccc(O)cc3)nc3[nH]nc(C=Cc4ccccc4)c23)CCN1. The van der Waals surface area contributed by atoms with E-state index >= 15 is 0 Å². The molecule has 1 amide bonds. The molecule has 2 aromatic heterocycles. The number of pyridine rings is 1. The first kappa shape index (κ1) is 23.8. The van der Waals surface area contributed by atoms with E-state index in [1.54, 1.807) is 24.3 Å². The molecule has 0 saturated carbocycles. The molecule has 3 N–H and O–H groups in total. The van der Waals surface area contributed by atoms with Crippen LogP contribution in [0.2, 0.25) is 0 Å². The molecular weight excluding hydrogens is 450 g/mol. The van der Waals surface area contributed by atoms with Crippen molar-refractivity contribution in [2.24, 2.45) is 5.92 Å². The number of carbonyl (C=O) groups is 1. The van der Waals surface area contributed by atoms with Crippen LogP contribution in [0.4, 0.5) is 0 Å². The number of aromatic amines is 1. The number of phenolic OH excluding ortho intramolecular Hbond substituents is 1. The van der Waals surface area contributed by atoms with E-state index in [0.717, 1.165) is 24.1 Å². The van der Waals surface area contributed by atoms with Crippen molar-refractivity contribution in [1.82, 2.24) is 25.4 Å². The minimum atomic E-state index is -0.0200. The fourth-order valence-corrected chi connectivity index (χ4v) is 4.77. The molecule has 7 nitrogen and oxygen atoms in total. The first-order chi connectivity index (χ1) is 17.5. The molecule has 1 aliphatic heterocycles. The Labute approximate surface area is 210 Å². The van der Waals surface area contributed by atoms with Crippen molar-refractivity contribution >= 4 is 29.1 Å². The standard InChI is InChI=1S/C29H31N5O2/c1-19(2)16-22-18-34(15-14-30-22)29(36)24-17-26(21-9-11-23(35)12-10-21)31-28-27(24)25(32-33-28)13-8-20-6-4-3-5-7-20/h3-13,17,19,22,30,35H,14-16,18H2,1-2H3,(H,31,32,33). The second-order valence-corrected chi connectivity index (χ2v) is 9.71. The monoisotopic (exact) mass is 481 g/mol. The number of aromatic hydroxyl groups is 1. The Balaban J connectivity index is 1.57. The highest BCUT2D eigenvalue weighted by atomic mass is 16.3. The van der Waals surface area contributed by atoms with Crippen LogP contribution in [0.5, 0.6) is 5.75 Å². The van der Waals surface area contributed by atoms with Crippen molar-refractivity contribution in [3.8, 4) is 17.0 Å². The van der Waals surface area contributed by atoms with E-state index < -0.39 is 0 Å². The lowest BCUT2D eigenvalue weighted by atomic mass is 10.00. The summed E-state index contributed by atoms with van der Waals surface area (Å²) >= 11 is 0. The van der Waals surface area contributed by atoms with Crippen LogP contribution in [0.3, 0.4) is 0 Å². The first-order valence-electron chi connectivity index (χ1n) is 12.4. The summed E-state index contributed by atoms with van der Waals surface area (Å²) in [4.78, 5) is 20.7. The number of aromatic nitrogens is 3. The van der Waals surface area contributed by atoms with Crippen LogP contribution < -0.4 is 5.32 Å². The van der Waals surface area contributed by atoms with E-state index in [0.29, 0.717) is 47.0 Å². The predicted octanol–water partition coefficient (Wildman–Crippen LogP) is 4.96. The minimum Gasteiger partial charge on any atom is -0.508 e. The highest BCUT2D eigenvalue weighted by Gasteiger charge is 2.27. The van der Waals surface area contributed by atoms with Gasteiger partial charge in [0.1, 0.15) is 5.75 Å². The van der Waals surface area contributed by atoms with Gasteiger partial charge in [-0.15, -0.1) is 0 Å². The first-order valence-corrected chi connectivity index (χ1v) is 12.4. The number of rotatable bonds is 6. The number of hydrogen-bond donors (Lipinski definition) is 3. The van der Waals surface area contributed by atoms with Crippen LogP contribution >= 0.6 is 0 Å². The molecule has 4 aromatic rings. The second kappa shape index (κ2) is 10.3. The molecule has 5 rings (SSSR count). The number of H-pyrrole nitrogens is 1. The molecule has 0 aliphatic carbocycles. The molecule has 1 aliphatic rings. The molecule has 1 fully saturated rings. The zero-order valence-corrected chi connectivity index (χ0v) is 20.6. The van der Waals surface area contributed by atoms with Gasteiger partial charge >= 0.3 is 0 Å². The zero-order valence-electron chi connectivity index (χ0n) is 20.6. The number of piperazine rings is 1. The van der Waals surface area contributed by atoms with E-state index in [9.17, 15) is 9.90 Å². The van der Waals surface area contributed by atoms with E-state index in [-0.39, 0.29) is 17.7 Å². The molecule has 0 spiro atoms. The average Bonchev–Trinajstić information content (AvgIpc) is 3.30. The normalized spacial score (nSPS) is 16.3. The largest absolute Gasteiger partial charge is 0.508 e. The van der Waals surface area contributed by atoms with Gasteiger partial charge in [0.15, 0.2) is 5.65 Å². The van der Waals surface area contributed by atoms with E-state index in [1.807, 2.05) is 53.5 Å². The molecule has 184 valence electrons. The summed E-state index contributed by atoms with van der Waals surface area (Å²) in [5.41, 5.74) is 4.34. The zero-order chi connectivity index (χ0) is 25.1. The van der Waals surface area contributed by atoms with Gasteiger partial charge in [-0.3, -0.25) is 9.89 Å². The van der Waals surface area contributed by atoms with Crippen molar-refractivity contribution in [2.75, 3.05) is 19.6 Å². The maximum Gasteiger partial charge on any atom is 0.254 e. The molecular formula is C29H31N5O2. The molecule has 1 unspecified atom stereocenters. The third kappa shape index (κ3) is 5.16. The number of carbonyl (C=O) groups excluding carboxylic acids is 1. The lowest BCUT2D eigenvalue weighted by Crippen LogP contribution is -2.53. The Hall–Kier alpha value is -3.97. The average molecular weight is 482 g/mol. The van der Waals surface area contributed by atoms with Crippen LogP contribution in [0.1, 0.15) is 41.9 Å². The molecule has 0 radical (unpaired) electrons. The highest BCUT2D eigenvalue weighted by Crippen LogP contribution is 2.29. The third-order valence-corrected chi connectivity index (χ3v) is 6.48. The molecule has 36 heavy (non-hydrogen) atoms. The summed E-state index contributed by atoms with van der Waals surface area (Å²) in [6.07, 6.45) is 4.93. The predicted molar refractivity (Wildman–Crippen MR) is 144 cm³/mol. The minimum absolute atomic E-state index is 0.0200. The third-order valence-electron chi connectivity index (χ3n) is 6.48. The topological polar surface area (TPSA) is 94.1 Å². The highest BCUT2D eigenvalue weighted by molar-refractivity contribution is 6.09. The van der Waals surface area contributed by atoms with Crippen LogP contribution in [-0.2, 0) is 0 Å². The van der Waals surface area contributed by atoms with Gasteiger partial charge < -0.3 is 15.3 Å². The van der Waals surface area contributed by atoms with Crippen LogP contribution in [0, 0.1) is 5.92 Å². The van der Waals surface area contributed by atoms with Crippen LogP contribution in [0.15, 0.2) is 60.7 Å². The molecule has 0 bridgehead atoms. The van der Waals surface area contributed by atoms with Gasteiger partial charge in [0.25, 0.3) is 5.91 Å². The van der Waals surface area contributed by atoms with E-state index in [1.165, 1.54) is 0 Å². The fraction of sp³-hybridized carbons (Fsp3) is 0.276. The summed E-state index contributed by atoms with van der Waals surface area (Å²) in [6.45, 7) is 6.50. The van der Waals surface area contributed by atoms with Crippen molar-refractivity contribution in [2.45, 2.75) is 26.3 Å². The number of amides is 1. The van der Waals surface area contributed by atoms with E-state index in [2.05, 4.69) is 29.4 Å². The Kier molecular flexibility index (Phi) is 6.82. The fourth-order valence-electron chi connectivity index (χ4n) is 4.77. The summed E-state index contributed by atoms with van der Waals surface area (Å²) in [6, 6.07) is 19.0. The smallest absolute Gasteiger partial charge is 0.254 e. The summed E-state index contributed by atoms with van der Waals surface area (Å²) in [5.74, 6) is 0.714. The number of fused-ring (bicyclic) bond motifs is 1. The number of phenols is 1. The number of benzene rings is 2. The van der Waals surface area contributed by atoms with Crippen LogP contribution in [-0.4, -0.2) is 56.8 Å².